The zero-order valence-electron chi connectivity index (χ0n) is 12.7. The van der Waals surface area contributed by atoms with Gasteiger partial charge in [-0.15, -0.1) is 32.3 Å². The summed E-state index contributed by atoms with van der Waals surface area (Å²) in [6.07, 6.45) is 0. The summed E-state index contributed by atoms with van der Waals surface area (Å²) in [6.45, 7) is 0. The average molecular weight is 531 g/mol. The third-order valence-corrected chi connectivity index (χ3v) is 2.65. The molecule has 0 saturated carbocycles. The third-order valence-electron chi connectivity index (χ3n) is 2.65. The first-order valence-electron chi connectivity index (χ1n) is 6.44. The fourth-order valence-electron chi connectivity index (χ4n) is 1.71. The number of nitrogens with zero attached hydrogens (tertiary/aromatic N) is 2. The smallest absolute Gasteiger partial charge is 0.672 e. The van der Waals surface area contributed by atoms with Crippen LogP contribution in [0.3, 0.4) is 0 Å². The van der Waals surface area contributed by atoms with Gasteiger partial charge >= 0.3 is 21.1 Å². The molecule has 0 fully saturated rings. The van der Waals surface area contributed by atoms with Crippen molar-refractivity contribution in [1.29, 1.82) is 0 Å². The predicted molar refractivity (Wildman–Crippen MR) is 84.6 cm³/mol. The Hall–Kier alpha value is -2.55. The van der Waals surface area contributed by atoms with Crippen molar-refractivity contribution in [3.8, 4) is 0 Å². The summed E-state index contributed by atoms with van der Waals surface area (Å²) in [5.74, 6) is 0. The monoisotopic (exact) mass is 531 g/mol. The molecule has 0 aliphatic rings. The second-order valence-corrected chi connectivity index (χ2v) is 4.25. The van der Waals surface area contributed by atoms with Crippen LogP contribution in [0.15, 0.2) is 60.7 Å². The maximum Gasteiger partial charge on any atom is 2.00 e. The SMILES string of the molecule is O=[N+]([O-])O.O=[N+]([O-])O.[NH-]C(c1ccccc1)C([NH-])c1ccccc1.[Pt+2]. The van der Waals surface area contributed by atoms with Crippen molar-refractivity contribution in [2.75, 3.05) is 0 Å². The zero-order chi connectivity index (χ0) is 18.5. The fourth-order valence-corrected chi connectivity index (χ4v) is 1.71. The van der Waals surface area contributed by atoms with E-state index in [-0.39, 0.29) is 21.1 Å². The molecular weight excluding hydrogens is 515 g/mol. The van der Waals surface area contributed by atoms with Gasteiger partial charge in [-0.05, 0) is 0 Å². The average Bonchev–Trinajstić information content (AvgIpc) is 2.54. The first kappa shape index (κ1) is 24.7. The predicted octanol–water partition coefficient (Wildman–Crippen LogP) is 3.88. The molecule has 10 nitrogen and oxygen atoms in total. The van der Waals surface area contributed by atoms with Crippen molar-refractivity contribution in [3.05, 3.63) is 103 Å². The maximum absolute atomic E-state index is 8.36. The van der Waals surface area contributed by atoms with E-state index in [1.165, 1.54) is 0 Å². The van der Waals surface area contributed by atoms with E-state index in [0.29, 0.717) is 0 Å². The van der Waals surface area contributed by atoms with Gasteiger partial charge in [0, 0.05) is 0 Å². The topological polar surface area (TPSA) is 174 Å². The number of hydrogen-bond acceptors (Lipinski definition) is 4. The van der Waals surface area contributed by atoms with Crippen molar-refractivity contribution in [1.82, 2.24) is 0 Å². The number of rotatable bonds is 3. The summed E-state index contributed by atoms with van der Waals surface area (Å²) in [5.41, 5.74) is 17.9. The Kier molecular flexibility index (Phi) is 13.7. The number of hydrogen-bond donors (Lipinski definition) is 2. The second kappa shape index (κ2) is 13.8. The third kappa shape index (κ3) is 12.5. The molecule has 2 rings (SSSR count). The minimum Gasteiger partial charge on any atom is -0.672 e. The molecule has 4 N–H and O–H groups in total. The quantitative estimate of drug-likeness (QED) is 0.449. The first-order chi connectivity index (χ1) is 11.3. The van der Waals surface area contributed by atoms with Gasteiger partial charge in [0.1, 0.15) is 0 Å². The van der Waals surface area contributed by atoms with Crippen LogP contribution in [-0.2, 0) is 21.1 Å². The van der Waals surface area contributed by atoms with Gasteiger partial charge in [-0.1, -0.05) is 71.8 Å². The molecule has 0 amide bonds. The molecule has 0 aromatic heterocycles. The van der Waals surface area contributed by atoms with Gasteiger partial charge in [-0.2, -0.15) is 0 Å². The van der Waals surface area contributed by atoms with Crippen molar-refractivity contribution in [3.63, 3.8) is 0 Å². The molecule has 0 spiro atoms. The van der Waals surface area contributed by atoms with Crippen molar-refractivity contribution in [2.24, 2.45) is 0 Å². The number of nitrogens with one attached hydrogen (secondary N) is 2. The van der Waals surface area contributed by atoms with Gasteiger partial charge in [0.2, 0.25) is 0 Å². The van der Waals surface area contributed by atoms with Crippen LogP contribution >= 0.6 is 0 Å². The van der Waals surface area contributed by atoms with Crippen LogP contribution in [0.1, 0.15) is 23.2 Å². The molecule has 2 aromatic rings. The molecular formula is C14H16N4O6Pt. The van der Waals surface area contributed by atoms with Gasteiger partial charge < -0.3 is 21.9 Å². The van der Waals surface area contributed by atoms with Crippen molar-refractivity contribution < 1.29 is 41.7 Å². The van der Waals surface area contributed by atoms with Crippen LogP contribution in [0.25, 0.3) is 11.5 Å². The van der Waals surface area contributed by atoms with E-state index in [1.807, 2.05) is 60.7 Å². The van der Waals surface area contributed by atoms with E-state index in [9.17, 15) is 0 Å². The Bertz CT molecular complexity index is 554. The summed E-state index contributed by atoms with van der Waals surface area (Å²) in [4.78, 5) is 16.7. The molecule has 0 saturated heterocycles. The summed E-state index contributed by atoms with van der Waals surface area (Å²) in [7, 11) is 0. The molecule has 0 bridgehead atoms. The van der Waals surface area contributed by atoms with Crippen LogP contribution in [0.4, 0.5) is 0 Å². The van der Waals surface area contributed by atoms with E-state index >= 15 is 0 Å². The summed E-state index contributed by atoms with van der Waals surface area (Å²) in [6, 6.07) is 18.1. The molecule has 138 valence electrons. The standard InChI is InChI=1S/C14H14N2.2HNO3.Pt/c15-13(11-7-3-1-4-8-11)14(16)12-9-5-2-6-10-12;2*2-1(3)4;/h1-10,13-16H;2*(H,2,3,4);/q-2;;;+2. The zero-order valence-corrected chi connectivity index (χ0v) is 14.9. The van der Waals surface area contributed by atoms with Crippen LogP contribution in [-0.4, -0.2) is 20.6 Å². The Morgan fingerprint density at radius 3 is 1.12 bits per heavy atom. The van der Waals surface area contributed by atoms with E-state index in [4.69, 9.17) is 42.1 Å². The van der Waals surface area contributed by atoms with Crippen LogP contribution < -0.4 is 0 Å². The van der Waals surface area contributed by atoms with Crippen molar-refractivity contribution in [2.45, 2.75) is 12.1 Å². The van der Waals surface area contributed by atoms with Gasteiger partial charge in [0.25, 0.3) is 10.2 Å². The Labute approximate surface area is 157 Å². The molecule has 11 heteroatoms. The fraction of sp³-hybridized carbons (Fsp3) is 0.143. The summed E-state index contributed by atoms with van der Waals surface area (Å²) < 4.78 is 0. The van der Waals surface area contributed by atoms with Gasteiger partial charge in [0.05, 0.1) is 0 Å². The Balaban J connectivity index is 0. The Morgan fingerprint density at radius 2 is 0.920 bits per heavy atom. The van der Waals surface area contributed by atoms with E-state index in [0.717, 1.165) is 11.1 Å². The molecule has 0 heterocycles. The van der Waals surface area contributed by atoms with Gasteiger partial charge in [0.15, 0.2) is 0 Å². The van der Waals surface area contributed by atoms with Gasteiger partial charge in [-0.3, -0.25) is 0 Å². The summed E-state index contributed by atoms with van der Waals surface area (Å²) >= 11 is 0. The molecule has 2 unspecified atom stereocenters. The summed E-state index contributed by atoms with van der Waals surface area (Å²) in [5, 5.41) is 27.3. The Morgan fingerprint density at radius 1 is 0.720 bits per heavy atom. The first-order valence-corrected chi connectivity index (χ1v) is 6.44. The van der Waals surface area contributed by atoms with Crippen LogP contribution in [0, 0.1) is 20.2 Å². The second-order valence-electron chi connectivity index (χ2n) is 4.25. The molecule has 2 aromatic carbocycles. The molecule has 2 atom stereocenters. The van der Waals surface area contributed by atoms with Gasteiger partial charge in [-0.25, -0.2) is 0 Å². The molecule has 25 heavy (non-hydrogen) atoms. The van der Waals surface area contributed by atoms with E-state index < -0.39 is 22.3 Å². The molecule has 0 aliphatic heterocycles. The van der Waals surface area contributed by atoms with Crippen molar-refractivity contribution >= 4 is 0 Å². The number of benzene rings is 2. The maximum atomic E-state index is 8.36. The minimum atomic E-state index is -1.50. The minimum absolute atomic E-state index is 0. The molecule has 0 aliphatic carbocycles. The van der Waals surface area contributed by atoms with E-state index in [1.54, 1.807) is 0 Å². The van der Waals surface area contributed by atoms with Crippen LogP contribution in [0.5, 0.6) is 0 Å². The van der Waals surface area contributed by atoms with Crippen LogP contribution in [0.2, 0.25) is 0 Å². The molecule has 0 radical (unpaired) electrons. The van der Waals surface area contributed by atoms with E-state index in [2.05, 4.69) is 0 Å². The normalized spacial score (nSPS) is 11.1. The largest absolute Gasteiger partial charge is 2.00 e.